The molecule has 0 unspecified atom stereocenters. The van der Waals surface area contributed by atoms with E-state index in [1.807, 2.05) is 0 Å². The Balaban J connectivity index is 2.11. The van der Waals surface area contributed by atoms with Gasteiger partial charge in [-0.2, -0.15) is 0 Å². The highest BCUT2D eigenvalue weighted by atomic mass is 32.2. The van der Waals surface area contributed by atoms with Crippen LogP contribution in [0.2, 0.25) is 0 Å². The molecular formula is C17H25N3O3S. The lowest BCUT2D eigenvalue weighted by Gasteiger charge is -2.26. The zero-order valence-electron chi connectivity index (χ0n) is 14.9. The number of nitrogens with one attached hydrogen (secondary N) is 1. The Morgan fingerprint density at radius 1 is 1.29 bits per heavy atom. The van der Waals surface area contributed by atoms with Crippen LogP contribution in [0.25, 0.3) is 0 Å². The van der Waals surface area contributed by atoms with Gasteiger partial charge < -0.3 is 9.47 Å². The molecule has 0 aromatic heterocycles. The molecule has 1 aromatic carbocycles. The predicted octanol–water partition coefficient (Wildman–Crippen LogP) is 3.49. The summed E-state index contributed by atoms with van der Waals surface area (Å²) in [4.78, 5) is 17.3. The molecule has 24 heavy (non-hydrogen) atoms. The molecule has 1 N–H and O–H groups in total. The molecule has 0 saturated carbocycles. The smallest absolute Gasteiger partial charge is 0.273 e. The van der Waals surface area contributed by atoms with Crippen LogP contribution in [-0.2, 0) is 0 Å². The van der Waals surface area contributed by atoms with E-state index < -0.39 is 0 Å². The standard InChI is InChI=1S/C17H25N3O3S/c1-6-17(3,7-2)16-18-11-20(24-16)19-15(21)14-12(22-4)9-8-10-13(14)23-5/h8-10H,6-7,11H2,1-5H3,(H,19,21). The number of carbonyl (C=O) groups excluding carboxylic acids is 1. The van der Waals surface area contributed by atoms with E-state index in [0.717, 1.165) is 17.9 Å². The fourth-order valence-corrected chi connectivity index (χ4v) is 3.52. The lowest BCUT2D eigenvalue weighted by atomic mass is 9.86. The highest BCUT2D eigenvalue weighted by Crippen LogP contribution is 2.37. The van der Waals surface area contributed by atoms with Gasteiger partial charge in [-0.25, -0.2) is 0 Å². The van der Waals surface area contributed by atoms with Crippen molar-refractivity contribution in [2.75, 3.05) is 20.9 Å². The zero-order chi connectivity index (χ0) is 17.7. The van der Waals surface area contributed by atoms with Crippen molar-refractivity contribution in [2.24, 2.45) is 10.4 Å². The minimum absolute atomic E-state index is 0.0479. The Bertz CT molecular complexity index is 607. The minimum atomic E-state index is -0.275. The van der Waals surface area contributed by atoms with Gasteiger partial charge in [-0.3, -0.25) is 15.2 Å². The Labute approximate surface area is 147 Å². The second-order valence-corrected chi connectivity index (χ2v) is 6.83. The normalized spacial score (nSPS) is 15.1. The van der Waals surface area contributed by atoms with E-state index in [2.05, 4.69) is 31.2 Å². The van der Waals surface area contributed by atoms with E-state index in [9.17, 15) is 4.79 Å². The summed E-state index contributed by atoms with van der Waals surface area (Å²) in [5.74, 6) is 0.677. The van der Waals surface area contributed by atoms with Gasteiger partial charge in [0, 0.05) is 5.41 Å². The molecule has 1 amide bonds. The van der Waals surface area contributed by atoms with Gasteiger partial charge in [0.15, 0.2) is 0 Å². The molecule has 1 heterocycles. The first-order chi connectivity index (χ1) is 11.5. The number of rotatable bonds is 7. The Hall–Kier alpha value is -1.73. The summed E-state index contributed by atoms with van der Waals surface area (Å²) < 4.78 is 12.3. The molecular weight excluding hydrogens is 326 g/mol. The number of hydrogen-bond acceptors (Lipinski definition) is 6. The summed E-state index contributed by atoms with van der Waals surface area (Å²) in [6.45, 7) is 6.95. The molecule has 132 valence electrons. The second-order valence-electron chi connectivity index (χ2n) is 5.82. The number of ether oxygens (including phenoxy) is 2. The first-order valence-electron chi connectivity index (χ1n) is 8.01. The van der Waals surface area contributed by atoms with Gasteiger partial charge in [-0.15, -0.1) is 4.41 Å². The summed E-state index contributed by atoms with van der Waals surface area (Å²) in [5, 5.41) is 1.06. The van der Waals surface area contributed by atoms with Crippen LogP contribution < -0.4 is 14.9 Å². The molecule has 0 aliphatic carbocycles. The molecule has 1 aliphatic rings. The maximum Gasteiger partial charge on any atom is 0.273 e. The zero-order valence-corrected chi connectivity index (χ0v) is 15.7. The largest absolute Gasteiger partial charge is 0.496 e. The van der Waals surface area contributed by atoms with Crippen LogP contribution in [0.3, 0.4) is 0 Å². The average Bonchev–Trinajstić information content (AvgIpc) is 3.09. The highest BCUT2D eigenvalue weighted by molar-refractivity contribution is 8.12. The molecule has 7 heteroatoms. The van der Waals surface area contributed by atoms with Crippen LogP contribution in [0, 0.1) is 5.41 Å². The fourth-order valence-electron chi connectivity index (χ4n) is 2.45. The number of benzene rings is 1. The second kappa shape index (κ2) is 7.90. The summed E-state index contributed by atoms with van der Waals surface area (Å²) >= 11 is 1.49. The van der Waals surface area contributed by atoms with Crippen molar-refractivity contribution < 1.29 is 14.3 Å². The summed E-state index contributed by atoms with van der Waals surface area (Å²) in [6.07, 6.45) is 2.02. The van der Waals surface area contributed by atoms with Gasteiger partial charge in [-0.05, 0) is 36.9 Å². The van der Waals surface area contributed by atoms with Crippen LogP contribution >= 0.6 is 11.9 Å². The van der Waals surface area contributed by atoms with Crippen molar-refractivity contribution >= 4 is 22.9 Å². The third-order valence-electron chi connectivity index (χ3n) is 4.50. The van der Waals surface area contributed by atoms with E-state index >= 15 is 0 Å². The van der Waals surface area contributed by atoms with Gasteiger partial charge in [-0.1, -0.05) is 26.8 Å². The summed E-state index contributed by atoms with van der Waals surface area (Å²) in [5.41, 5.74) is 3.31. The number of nitrogens with zero attached hydrogens (tertiary/aromatic N) is 2. The third kappa shape index (κ3) is 3.67. The van der Waals surface area contributed by atoms with E-state index in [-0.39, 0.29) is 11.3 Å². The Kier molecular flexibility index (Phi) is 6.12. The number of methoxy groups -OCH3 is 2. The predicted molar refractivity (Wildman–Crippen MR) is 97.4 cm³/mol. The molecule has 0 fully saturated rings. The first kappa shape index (κ1) is 18.6. The quantitative estimate of drug-likeness (QED) is 0.762. The molecule has 0 spiro atoms. The molecule has 2 rings (SSSR count). The number of aliphatic imine (C=N–C) groups is 1. The number of carbonyl (C=O) groups is 1. The third-order valence-corrected chi connectivity index (χ3v) is 5.72. The van der Waals surface area contributed by atoms with Crippen molar-refractivity contribution in [1.29, 1.82) is 0 Å². The van der Waals surface area contributed by atoms with E-state index in [4.69, 9.17) is 9.47 Å². The van der Waals surface area contributed by atoms with Gasteiger partial charge in [0.05, 0.1) is 19.3 Å². The topological polar surface area (TPSA) is 63.2 Å². The number of hydrazine groups is 1. The first-order valence-corrected chi connectivity index (χ1v) is 8.78. The van der Waals surface area contributed by atoms with Gasteiger partial charge in [0.2, 0.25) is 0 Å². The Morgan fingerprint density at radius 2 is 1.88 bits per heavy atom. The lowest BCUT2D eigenvalue weighted by molar-refractivity contribution is 0.0885. The average molecular weight is 351 g/mol. The van der Waals surface area contributed by atoms with Crippen molar-refractivity contribution in [3.8, 4) is 11.5 Å². The molecule has 0 atom stereocenters. The van der Waals surface area contributed by atoms with Crippen molar-refractivity contribution in [1.82, 2.24) is 9.84 Å². The molecule has 6 nitrogen and oxygen atoms in total. The maximum atomic E-state index is 12.7. The van der Waals surface area contributed by atoms with Crippen LogP contribution in [0.5, 0.6) is 11.5 Å². The number of amides is 1. The van der Waals surface area contributed by atoms with Crippen LogP contribution in [0.15, 0.2) is 23.2 Å². The van der Waals surface area contributed by atoms with Crippen molar-refractivity contribution in [3.63, 3.8) is 0 Å². The van der Waals surface area contributed by atoms with Crippen molar-refractivity contribution in [3.05, 3.63) is 23.8 Å². The van der Waals surface area contributed by atoms with E-state index in [1.54, 1.807) is 22.6 Å². The highest BCUT2D eigenvalue weighted by Gasteiger charge is 2.33. The summed E-state index contributed by atoms with van der Waals surface area (Å²) in [6, 6.07) is 5.26. The molecule has 1 aromatic rings. The molecule has 0 bridgehead atoms. The number of hydrogen-bond donors (Lipinski definition) is 1. The monoisotopic (exact) mass is 351 g/mol. The van der Waals surface area contributed by atoms with Crippen LogP contribution in [-0.4, -0.2) is 36.3 Å². The minimum Gasteiger partial charge on any atom is -0.496 e. The SMILES string of the molecule is CCC(C)(CC)C1=NCN(NC(=O)c2c(OC)cccc2OC)S1. The van der Waals surface area contributed by atoms with Crippen LogP contribution in [0.1, 0.15) is 44.0 Å². The maximum absolute atomic E-state index is 12.7. The molecule has 1 aliphatic heterocycles. The van der Waals surface area contributed by atoms with E-state index in [0.29, 0.717) is 23.7 Å². The molecule has 0 radical (unpaired) electrons. The lowest BCUT2D eigenvalue weighted by Crippen LogP contribution is -2.37. The fraction of sp³-hybridized carbons (Fsp3) is 0.529. The van der Waals surface area contributed by atoms with E-state index in [1.165, 1.54) is 26.2 Å². The summed E-state index contributed by atoms with van der Waals surface area (Å²) in [7, 11) is 3.07. The van der Waals surface area contributed by atoms with Crippen molar-refractivity contribution in [2.45, 2.75) is 33.6 Å². The van der Waals surface area contributed by atoms with Gasteiger partial charge >= 0.3 is 0 Å². The molecule has 0 saturated heterocycles. The van der Waals surface area contributed by atoms with Gasteiger partial charge in [0.25, 0.3) is 5.91 Å². The van der Waals surface area contributed by atoms with Crippen LogP contribution in [0.4, 0.5) is 0 Å². The Morgan fingerprint density at radius 3 is 2.38 bits per heavy atom. The van der Waals surface area contributed by atoms with Gasteiger partial charge in [0.1, 0.15) is 23.7 Å².